The number of hydrogen-bond acceptors (Lipinski definition) is 3. The number of aliphatic carboxylic acids is 1. The molecule has 0 radical (unpaired) electrons. The first-order valence-electron chi connectivity index (χ1n) is 6.12. The van der Waals surface area contributed by atoms with E-state index in [9.17, 15) is 4.79 Å². The fourth-order valence-corrected chi connectivity index (χ4v) is 1.69. The Kier molecular flexibility index (Phi) is 8.21. The summed E-state index contributed by atoms with van der Waals surface area (Å²) in [6.45, 7) is 6.21. The van der Waals surface area contributed by atoms with Gasteiger partial charge in [-0.05, 0) is 18.8 Å². The molecule has 0 bridgehead atoms. The summed E-state index contributed by atoms with van der Waals surface area (Å²) >= 11 is 0. The molecule has 0 aliphatic carbocycles. The normalized spacial score (nSPS) is 15.1. The van der Waals surface area contributed by atoms with Crippen molar-refractivity contribution in [1.29, 1.82) is 0 Å². The van der Waals surface area contributed by atoms with Crippen LogP contribution in [0.1, 0.15) is 46.5 Å². The Labute approximate surface area is 98.1 Å². The zero-order valence-electron chi connectivity index (χ0n) is 10.6. The van der Waals surface area contributed by atoms with E-state index in [0.29, 0.717) is 18.8 Å². The Bertz CT molecular complexity index is 195. The maximum absolute atomic E-state index is 11.0. The van der Waals surface area contributed by atoms with E-state index in [1.807, 2.05) is 20.8 Å². The molecular formula is C12H25NO3. The smallest absolute Gasteiger partial charge is 0.320 e. The maximum atomic E-state index is 11.0. The van der Waals surface area contributed by atoms with Gasteiger partial charge in [0, 0.05) is 12.6 Å². The molecule has 0 saturated heterocycles. The van der Waals surface area contributed by atoms with Crippen molar-refractivity contribution in [3.05, 3.63) is 0 Å². The van der Waals surface area contributed by atoms with Crippen molar-refractivity contribution in [1.82, 2.24) is 5.32 Å². The predicted molar refractivity (Wildman–Crippen MR) is 64.4 cm³/mol. The van der Waals surface area contributed by atoms with E-state index in [-0.39, 0.29) is 12.6 Å². The summed E-state index contributed by atoms with van der Waals surface area (Å²) in [6, 6.07) is -0.415. The van der Waals surface area contributed by atoms with Gasteiger partial charge >= 0.3 is 5.97 Å². The lowest BCUT2D eigenvalue weighted by molar-refractivity contribution is -0.140. The third-order valence-corrected chi connectivity index (χ3v) is 2.80. The lowest BCUT2D eigenvalue weighted by Gasteiger charge is -2.25. The second-order valence-electron chi connectivity index (χ2n) is 4.56. The molecule has 0 aromatic heterocycles. The third-order valence-electron chi connectivity index (χ3n) is 2.80. The van der Waals surface area contributed by atoms with E-state index in [2.05, 4.69) is 5.32 Å². The van der Waals surface area contributed by atoms with Gasteiger partial charge in [-0.15, -0.1) is 0 Å². The van der Waals surface area contributed by atoms with Crippen LogP contribution in [0, 0.1) is 5.92 Å². The molecule has 0 saturated carbocycles. The van der Waals surface area contributed by atoms with Gasteiger partial charge in [-0.2, -0.15) is 0 Å². The molecule has 0 aliphatic rings. The molecule has 0 rings (SSSR count). The molecule has 0 aromatic carbocycles. The van der Waals surface area contributed by atoms with Crippen LogP contribution in [0.3, 0.4) is 0 Å². The molecular weight excluding hydrogens is 206 g/mol. The van der Waals surface area contributed by atoms with Gasteiger partial charge in [0.15, 0.2) is 0 Å². The number of carboxylic acids is 1. The van der Waals surface area contributed by atoms with Crippen LogP contribution < -0.4 is 5.32 Å². The quantitative estimate of drug-likeness (QED) is 0.564. The Morgan fingerprint density at radius 2 is 1.94 bits per heavy atom. The second kappa shape index (κ2) is 8.53. The van der Waals surface area contributed by atoms with Crippen LogP contribution in [0.15, 0.2) is 0 Å². The summed E-state index contributed by atoms with van der Waals surface area (Å²) in [6.07, 6.45) is 3.17. The highest BCUT2D eigenvalue weighted by Gasteiger charge is 2.22. The molecule has 96 valence electrons. The third kappa shape index (κ3) is 6.08. The minimum atomic E-state index is -0.794. The van der Waals surface area contributed by atoms with Gasteiger partial charge in [0.25, 0.3) is 0 Å². The first-order chi connectivity index (χ1) is 7.52. The lowest BCUT2D eigenvalue weighted by atomic mass is 9.99. The van der Waals surface area contributed by atoms with E-state index >= 15 is 0 Å². The lowest BCUT2D eigenvalue weighted by Crippen LogP contribution is -2.46. The van der Waals surface area contributed by atoms with E-state index in [4.69, 9.17) is 10.2 Å². The summed E-state index contributed by atoms with van der Waals surface area (Å²) in [5.74, 6) is -0.465. The van der Waals surface area contributed by atoms with Crippen molar-refractivity contribution in [2.45, 2.75) is 58.5 Å². The fourth-order valence-electron chi connectivity index (χ4n) is 1.69. The highest BCUT2D eigenvalue weighted by Crippen LogP contribution is 2.09. The fraction of sp³-hybridized carbons (Fsp3) is 0.917. The summed E-state index contributed by atoms with van der Waals surface area (Å²) in [5, 5.41) is 21.1. The summed E-state index contributed by atoms with van der Waals surface area (Å²) in [4.78, 5) is 11.0. The highest BCUT2D eigenvalue weighted by molar-refractivity contribution is 5.73. The van der Waals surface area contributed by atoms with Gasteiger partial charge in [-0.25, -0.2) is 0 Å². The van der Waals surface area contributed by atoms with Crippen molar-refractivity contribution < 1.29 is 15.0 Å². The molecule has 0 aliphatic heterocycles. The molecule has 2 unspecified atom stereocenters. The number of carbonyl (C=O) groups is 1. The molecule has 0 amide bonds. The molecule has 16 heavy (non-hydrogen) atoms. The standard InChI is InChI=1S/C12H25NO3/c1-4-5-6-11(12(15)16)13-10(7-8-14)9(2)3/h9-11,13-14H,4-8H2,1-3H3,(H,15,16). The van der Waals surface area contributed by atoms with Crippen molar-refractivity contribution in [2.24, 2.45) is 5.92 Å². The van der Waals surface area contributed by atoms with Gasteiger partial charge in [-0.3, -0.25) is 4.79 Å². The first-order valence-corrected chi connectivity index (χ1v) is 6.12. The molecule has 0 heterocycles. The van der Waals surface area contributed by atoms with Gasteiger partial charge < -0.3 is 15.5 Å². The first kappa shape index (κ1) is 15.4. The Hall–Kier alpha value is -0.610. The van der Waals surface area contributed by atoms with Crippen LogP contribution in [-0.4, -0.2) is 34.9 Å². The number of unbranched alkanes of at least 4 members (excludes halogenated alkanes) is 1. The molecule has 3 N–H and O–H groups in total. The number of nitrogens with one attached hydrogen (secondary N) is 1. The van der Waals surface area contributed by atoms with E-state index < -0.39 is 12.0 Å². The maximum Gasteiger partial charge on any atom is 0.320 e. The van der Waals surface area contributed by atoms with Crippen LogP contribution in [-0.2, 0) is 4.79 Å². The van der Waals surface area contributed by atoms with Gasteiger partial charge in [0.2, 0.25) is 0 Å². The van der Waals surface area contributed by atoms with Crippen molar-refractivity contribution in [2.75, 3.05) is 6.61 Å². The van der Waals surface area contributed by atoms with Gasteiger partial charge in [0.05, 0.1) is 0 Å². The minimum Gasteiger partial charge on any atom is -0.480 e. The predicted octanol–water partition coefficient (Wildman–Crippen LogP) is 1.63. The zero-order valence-corrected chi connectivity index (χ0v) is 10.6. The summed E-state index contributed by atoms with van der Waals surface area (Å²) in [5.41, 5.74) is 0. The van der Waals surface area contributed by atoms with Crippen LogP contribution in [0.2, 0.25) is 0 Å². The van der Waals surface area contributed by atoms with Crippen LogP contribution in [0.5, 0.6) is 0 Å². The number of hydrogen-bond donors (Lipinski definition) is 3. The number of aliphatic hydroxyl groups excluding tert-OH is 1. The Morgan fingerprint density at radius 1 is 1.31 bits per heavy atom. The van der Waals surface area contributed by atoms with E-state index in [1.54, 1.807) is 0 Å². The summed E-state index contributed by atoms with van der Waals surface area (Å²) < 4.78 is 0. The Balaban J connectivity index is 4.26. The van der Waals surface area contributed by atoms with E-state index in [0.717, 1.165) is 12.8 Å². The van der Waals surface area contributed by atoms with Crippen molar-refractivity contribution in [3.63, 3.8) is 0 Å². The van der Waals surface area contributed by atoms with Crippen LogP contribution >= 0.6 is 0 Å². The van der Waals surface area contributed by atoms with Crippen molar-refractivity contribution >= 4 is 5.97 Å². The molecule has 0 spiro atoms. The largest absolute Gasteiger partial charge is 0.480 e. The topological polar surface area (TPSA) is 69.6 Å². The zero-order chi connectivity index (χ0) is 12.6. The minimum absolute atomic E-state index is 0.0722. The van der Waals surface area contributed by atoms with Gasteiger partial charge in [0.1, 0.15) is 6.04 Å². The highest BCUT2D eigenvalue weighted by atomic mass is 16.4. The average Bonchev–Trinajstić information content (AvgIpc) is 2.21. The Morgan fingerprint density at radius 3 is 2.31 bits per heavy atom. The average molecular weight is 231 g/mol. The van der Waals surface area contributed by atoms with Crippen LogP contribution in [0.4, 0.5) is 0 Å². The number of aliphatic hydroxyl groups is 1. The second-order valence-corrected chi connectivity index (χ2v) is 4.56. The monoisotopic (exact) mass is 231 g/mol. The summed E-state index contributed by atoms with van der Waals surface area (Å²) in [7, 11) is 0. The molecule has 4 heteroatoms. The molecule has 0 aromatic rings. The molecule has 0 fully saturated rings. The number of rotatable bonds is 9. The molecule has 4 nitrogen and oxygen atoms in total. The van der Waals surface area contributed by atoms with Crippen molar-refractivity contribution in [3.8, 4) is 0 Å². The van der Waals surface area contributed by atoms with Gasteiger partial charge in [-0.1, -0.05) is 33.6 Å². The molecule has 2 atom stereocenters. The van der Waals surface area contributed by atoms with Crippen LogP contribution in [0.25, 0.3) is 0 Å². The van der Waals surface area contributed by atoms with E-state index in [1.165, 1.54) is 0 Å². The number of carboxylic acid groups (broad SMARTS) is 1. The SMILES string of the molecule is CCCCC(NC(CCO)C(C)C)C(=O)O.